The molecule has 1 aliphatic heterocycles. The van der Waals surface area contributed by atoms with Crippen molar-refractivity contribution < 1.29 is 14.7 Å². The summed E-state index contributed by atoms with van der Waals surface area (Å²) in [6, 6.07) is -0.679. The van der Waals surface area contributed by atoms with Crippen LogP contribution in [0, 0.1) is 5.41 Å². The maximum Gasteiger partial charge on any atom is 0.327 e. The summed E-state index contributed by atoms with van der Waals surface area (Å²) in [4.78, 5) is 25.2. The predicted octanol–water partition coefficient (Wildman–Crippen LogP) is 0.490. The van der Waals surface area contributed by atoms with Crippen molar-refractivity contribution in [3.63, 3.8) is 0 Å². The number of nitrogens with zero attached hydrogens (tertiary/aromatic N) is 1. The molecule has 1 amide bonds. The van der Waals surface area contributed by atoms with Crippen LogP contribution in [0.4, 0.5) is 0 Å². The monoisotopic (exact) mass is 258 g/mol. The van der Waals surface area contributed by atoms with Gasteiger partial charge in [-0.2, -0.15) is 0 Å². The van der Waals surface area contributed by atoms with Crippen molar-refractivity contribution in [1.82, 2.24) is 4.90 Å². The van der Waals surface area contributed by atoms with E-state index in [9.17, 15) is 9.59 Å². The Morgan fingerprint density at radius 3 is 2.59 bits per heavy atom. The van der Waals surface area contributed by atoms with E-state index in [4.69, 9.17) is 10.8 Å². The van der Waals surface area contributed by atoms with E-state index in [1.807, 2.05) is 6.92 Å². The van der Waals surface area contributed by atoms with Crippen LogP contribution in [0.25, 0.3) is 0 Å². The molecule has 2 unspecified atom stereocenters. The first-order valence-corrected chi connectivity index (χ1v) is 6.98. The summed E-state index contributed by atoms with van der Waals surface area (Å²) in [6.45, 7) is 2.31. The van der Waals surface area contributed by atoms with E-state index in [0.717, 1.165) is 19.3 Å². The highest BCUT2D eigenvalue weighted by Crippen LogP contribution is 2.48. The first-order valence-electron chi connectivity index (χ1n) is 5.93. The average Bonchev–Trinajstić information content (AvgIpc) is 2.99. The average molecular weight is 258 g/mol. The van der Waals surface area contributed by atoms with Gasteiger partial charge in [-0.25, -0.2) is 4.79 Å². The van der Waals surface area contributed by atoms with E-state index >= 15 is 0 Å². The fraction of sp³-hybridized carbons (Fsp3) is 0.818. The number of hydrogen-bond acceptors (Lipinski definition) is 4. The lowest BCUT2D eigenvalue weighted by atomic mass is 10.0. The van der Waals surface area contributed by atoms with Crippen LogP contribution in [-0.2, 0) is 9.59 Å². The zero-order valence-corrected chi connectivity index (χ0v) is 10.7. The molecule has 0 aromatic heterocycles. The van der Waals surface area contributed by atoms with Gasteiger partial charge in [0, 0.05) is 12.3 Å². The molecule has 1 aliphatic carbocycles. The normalized spacial score (nSPS) is 30.4. The molecule has 1 saturated carbocycles. The van der Waals surface area contributed by atoms with Crippen molar-refractivity contribution in [2.45, 2.75) is 37.6 Å². The molecule has 0 bridgehead atoms. The van der Waals surface area contributed by atoms with Crippen LogP contribution in [0.1, 0.15) is 26.2 Å². The SMILES string of the molecule is CCC1SCC(C(=O)O)N1C(=O)C1(CN)CC1. The van der Waals surface area contributed by atoms with Gasteiger partial charge < -0.3 is 15.7 Å². The van der Waals surface area contributed by atoms with Gasteiger partial charge in [0.05, 0.1) is 10.8 Å². The number of amides is 1. The molecule has 2 aliphatic rings. The van der Waals surface area contributed by atoms with Crippen molar-refractivity contribution in [2.75, 3.05) is 12.3 Å². The maximum absolute atomic E-state index is 12.4. The number of carbonyl (C=O) groups excluding carboxylic acids is 1. The molecule has 0 aromatic carbocycles. The Kier molecular flexibility index (Phi) is 3.36. The molecule has 0 radical (unpaired) electrons. The smallest absolute Gasteiger partial charge is 0.327 e. The summed E-state index contributed by atoms with van der Waals surface area (Å²) in [5.74, 6) is -0.473. The van der Waals surface area contributed by atoms with Crippen molar-refractivity contribution >= 4 is 23.6 Å². The number of rotatable bonds is 4. The summed E-state index contributed by atoms with van der Waals surface area (Å²) in [5, 5.41) is 9.16. The van der Waals surface area contributed by atoms with Crippen molar-refractivity contribution in [3.05, 3.63) is 0 Å². The molecular formula is C11H18N2O3S. The maximum atomic E-state index is 12.4. The highest BCUT2D eigenvalue weighted by atomic mass is 32.2. The fourth-order valence-corrected chi connectivity index (χ4v) is 3.62. The third-order valence-electron chi connectivity index (χ3n) is 3.66. The number of thioether (sulfide) groups is 1. The van der Waals surface area contributed by atoms with Gasteiger partial charge in [-0.1, -0.05) is 6.92 Å². The molecule has 96 valence electrons. The standard InChI is InChI=1S/C11H18N2O3S/c1-2-8-13(7(5-17-8)9(14)15)10(16)11(6-12)3-4-11/h7-8H,2-6,12H2,1H3,(H,14,15). The number of hydrogen-bond donors (Lipinski definition) is 2. The summed E-state index contributed by atoms with van der Waals surface area (Å²) >= 11 is 1.55. The van der Waals surface area contributed by atoms with Gasteiger partial charge in [0.1, 0.15) is 6.04 Å². The first-order chi connectivity index (χ1) is 8.05. The Morgan fingerprint density at radius 2 is 2.18 bits per heavy atom. The Hall–Kier alpha value is -0.750. The second-order valence-electron chi connectivity index (χ2n) is 4.75. The second-order valence-corrected chi connectivity index (χ2v) is 5.96. The molecular weight excluding hydrogens is 240 g/mol. The highest BCUT2D eigenvalue weighted by Gasteiger charge is 2.55. The van der Waals surface area contributed by atoms with Gasteiger partial charge in [-0.05, 0) is 19.3 Å². The van der Waals surface area contributed by atoms with E-state index in [1.54, 1.807) is 16.7 Å². The van der Waals surface area contributed by atoms with Gasteiger partial charge in [-0.3, -0.25) is 4.79 Å². The fourth-order valence-electron chi connectivity index (χ4n) is 2.27. The topological polar surface area (TPSA) is 83.6 Å². The molecule has 1 saturated heterocycles. The lowest BCUT2D eigenvalue weighted by molar-refractivity contribution is -0.151. The van der Waals surface area contributed by atoms with Gasteiger partial charge >= 0.3 is 5.97 Å². The van der Waals surface area contributed by atoms with Crippen LogP contribution in [-0.4, -0.2) is 45.6 Å². The van der Waals surface area contributed by atoms with E-state index in [2.05, 4.69) is 0 Å². The molecule has 2 rings (SSSR count). The van der Waals surface area contributed by atoms with E-state index < -0.39 is 17.4 Å². The predicted molar refractivity (Wildman–Crippen MR) is 65.5 cm³/mol. The van der Waals surface area contributed by atoms with Crippen LogP contribution >= 0.6 is 11.8 Å². The lowest BCUT2D eigenvalue weighted by Crippen LogP contribution is -2.50. The van der Waals surface area contributed by atoms with Crippen LogP contribution in [0.2, 0.25) is 0 Å². The largest absolute Gasteiger partial charge is 0.480 e. The molecule has 17 heavy (non-hydrogen) atoms. The van der Waals surface area contributed by atoms with Crippen LogP contribution < -0.4 is 5.73 Å². The molecule has 1 heterocycles. The Balaban J connectivity index is 2.20. The van der Waals surface area contributed by atoms with Crippen molar-refractivity contribution in [2.24, 2.45) is 11.1 Å². The van der Waals surface area contributed by atoms with Gasteiger partial charge in [0.2, 0.25) is 5.91 Å². The number of aliphatic carboxylic acids is 1. The number of carboxylic acid groups (broad SMARTS) is 1. The summed E-state index contributed by atoms with van der Waals surface area (Å²) < 4.78 is 0. The minimum atomic E-state index is -0.908. The highest BCUT2D eigenvalue weighted by molar-refractivity contribution is 8.00. The molecule has 3 N–H and O–H groups in total. The van der Waals surface area contributed by atoms with Crippen LogP contribution in [0.3, 0.4) is 0 Å². The quantitative estimate of drug-likeness (QED) is 0.766. The molecule has 0 aromatic rings. The minimum Gasteiger partial charge on any atom is -0.480 e. The van der Waals surface area contributed by atoms with Crippen LogP contribution in [0.15, 0.2) is 0 Å². The third-order valence-corrected chi connectivity index (χ3v) is 5.11. The van der Waals surface area contributed by atoms with Crippen molar-refractivity contribution in [3.8, 4) is 0 Å². The molecule has 2 atom stereocenters. The minimum absolute atomic E-state index is 0.00683. The Labute approximate surface area is 105 Å². The molecule has 0 spiro atoms. The number of carbonyl (C=O) groups is 2. The van der Waals surface area contributed by atoms with Gasteiger partial charge in [0.25, 0.3) is 0 Å². The number of carboxylic acids is 1. The van der Waals surface area contributed by atoms with E-state index in [1.165, 1.54) is 0 Å². The molecule has 5 nitrogen and oxygen atoms in total. The second kappa shape index (κ2) is 4.49. The van der Waals surface area contributed by atoms with Gasteiger partial charge in [-0.15, -0.1) is 11.8 Å². The van der Waals surface area contributed by atoms with E-state index in [0.29, 0.717) is 12.3 Å². The zero-order chi connectivity index (χ0) is 12.6. The van der Waals surface area contributed by atoms with E-state index in [-0.39, 0.29) is 11.3 Å². The van der Waals surface area contributed by atoms with Crippen molar-refractivity contribution in [1.29, 1.82) is 0 Å². The first kappa shape index (κ1) is 12.7. The molecule has 6 heteroatoms. The summed E-state index contributed by atoms with van der Waals surface area (Å²) in [5.41, 5.74) is 5.19. The Bertz CT molecular complexity index is 344. The summed E-state index contributed by atoms with van der Waals surface area (Å²) in [7, 11) is 0. The zero-order valence-electron chi connectivity index (χ0n) is 9.89. The van der Waals surface area contributed by atoms with Crippen LogP contribution in [0.5, 0.6) is 0 Å². The van der Waals surface area contributed by atoms with Gasteiger partial charge in [0.15, 0.2) is 0 Å². The summed E-state index contributed by atoms with van der Waals surface area (Å²) in [6.07, 6.45) is 2.37. The number of nitrogens with two attached hydrogens (primary N) is 1. The molecule has 2 fully saturated rings. The Morgan fingerprint density at radius 1 is 1.53 bits per heavy atom. The lowest BCUT2D eigenvalue weighted by Gasteiger charge is -2.30. The third kappa shape index (κ3) is 2.04.